The van der Waals surface area contributed by atoms with E-state index in [1.807, 2.05) is 0 Å². The molecule has 0 amide bonds. The van der Waals surface area contributed by atoms with E-state index >= 15 is 0 Å². The van der Waals surface area contributed by atoms with Crippen molar-refractivity contribution in [3.05, 3.63) is 16.1 Å². The summed E-state index contributed by atoms with van der Waals surface area (Å²) in [6.07, 6.45) is 5.29. The first kappa shape index (κ1) is 14.0. The highest BCUT2D eigenvalue weighted by atomic mass is 32.1. The van der Waals surface area contributed by atoms with Crippen LogP contribution in [0.15, 0.2) is 5.38 Å². The standard InChI is InChI=1S/C14H25N3S/c1-10-9-18-14(17-10)11(2)16-8-13-5-3-12(7-15)4-6-13/h9,11-13,16H,3-8,15H2,1-2H3. The fourth-order valence-electron chi connectivity index (χ4n) is 2.67. The van der Waals surface area contributed by atoms with Crippen molar-refractivity contribution in [2.45, 2.75) is 45.6 Å². The topological polar surface area (TPSA) is 50.9 Å². The lowest BCUT2D eigenvalue weighted by atomic mass is 9.82. The van der Waals surface area contributed by atoms with Crippen LogP contribution >= 0.6 is 11.3 Å². The van der Waals surface area contributed by atoms with Gasteiger partial charge in [0.1, 0.15) is 5.01 Å². The van der Waals surface area contributed by atoms with Crippen LogP contribution < -0.4 is 11.1 Å². The van der Waals surface area contributed by atoms with E-state index in [1.165, 1.54) is 30.7 Å². The van der Waals surface area contributed by atoms with Crippen LogP contribution in [0.1, 0.15) is 49.4 Å². The molecule has 0 saturated heterocycles. The van der Waals surface area contributed by atoms with Gasteiger partial charge >= 0.3 is 0 Å². The first-order valence-electron chi connectivity index (χ1n) is 7.04. The average Bonchev–Trinajstić information content (AvgIpc) is 2.83. The van der Waals surface area contributed by atoms with E-state index in [-0.39, 0.29) is 0 Å². The van der Waals surface area contributed by atoms with Crippen molar-refractivity contribution >= 4 is 11.3 Å². The Morgan fingerprint density at radius 3 is 2.61 bits per heavy atom. The molecule has 0 aliphatic heterocycles. The second kappa shape index (κ2) is 6.64. The SMILES string of the molecule is Cc1csc(C(C)NCC2CCC(CN)CC2)n1. The summed E-state index contributed by atoms with van der Waals surface area (Å²) < 4.78 is 0. The van der Waals surface area contributed by atoms with Gasteiger partial charge in [-0.05, 0) is 64.5 Å². The lowest BCUT2D eigenvalue weighted by Gasteiger charge is -2.28. The minimum absolute atomic E-state index is 0.385. The molecular formula is C14H25N3S. The Balaban J connectivity index is 1.72. The van der Waals surface area contributed by atoms with Crippen LogP contribution in [0.2, 0.25) is 0 Å². The number of thiazole rings is 1. The predicted octanol–water partition coefficient (Wildman–Crippen LogP) is 2.87. The minimum atomic E-state index is 0.385. The lowest BCUT2D eigenvalue weighted by molar-refractivity contribution is 0.267. The molecule has 1 atom stereocenters. The highest BCUT2D eigenvalue weighted by Gasteiger charge is 2.20. The fourth-order valence-corrected chi connectivity index (χ4v) is 3.50. The third-order valence-electron chi connectivity index (χ3n) is 4.02. The summed E-state index contributed by atoms with van der Waals surface area (Å²) in [4.78, 5) is 4.54. The number of nitrogens with zero attached hydrogens (tertiary/aromatic N) is 1. The Labute approximate surface area is 114 Å². The minimum Gasteiger partial charge on any atom is -0.330 e. The molecule has 0 bridgehead atoms. The van der Waals surface area contributed by atoms with E-state index in [0.717, 1.165) is 30.6 Å². The van der Waals surface area contributed by atoms with Crippen LogP contribution in [0.4, 0.5) is 0 Å². The molecule has 3 N–H and O–H groups in total. The largest absolute Gasteiger partial charge is 0.330 e. The molecule has 3 nitrogen and oxygen atoms in total. The maximum Gasteiger partial charge on any atom is 0.110 e. The molecule has 1 aliphatic rings. The van der Waals surface area contributed by atoms with Gasteiger partial charge in [-0.2, -0.15) is 0 Å². The quantitative estimate of drug-likeness (QED) is 0.862. The van der Waals surface area contributed by atoms with Gasteiger partial charge in [0.25, 0.3) is 0 Å². The molecule has 1 aromatic heterocycles. The van der Waals surface area contributed by atoms with Crippen LogP contribution in [-0.2, 0) is 0 Å². The van der Waals surface area contributed by atoms with Gasteiger partial charge in [-0.1, -0.05) is 0 Å². The first-order chi connectivity index (χ1) is 8.69. The van der Waals surface area contributed by atoms with Gasteiger partial charge in [0.15, 0.2) is 0 Å². The monoisotopic (exact) mass is 267 g/mol. The maximum absolute atomic E-state index is 5.73. The summed E-state index contributed by atoms with van der Waals surface area (Å²) in [7, 11) is 0. The molecule has 1 aliphatic carbocycles. The van der Waals surface area contributed by atoms with Crippen molar-refractivity contribution in [1.29, 1.82) is 0 Å². The molecule has 2 rings (SSSR count). The second-order valence-electron chi connectivity index (χ2n) is 5.58. The Morgan fingerprint density at radius 2 is 2.06 bits per heavy atom. The van der Waals surface area contributed by atoms with Gasteiger partial charge in [0.2, 0.25) is 0 Å². The lowest BCUT2D eigenvalue weighted by Crippen LogP contribution is -2.30. The zero-order valence-corrected chi connectivity index (χ0v) is 12.3. The predicted molar refractivity (Wildman–Crippen MR) is 77.8 cm³/mol. The van der Waals surface area contributed by atoms with Crippen LogP contribution in [0, 0.1) is 18.8 Å². The van der Waals surface area contributed by atoms with Crippen molar-refractivity contribution in [2.24, 2.45) is 17.6 Å². The molecule has 1 heterocycles. The zero-order valence-electron chi connectivity index (χ0n) is 11.5. The van der Waals surface area contributed by atoms with Crippen LogP contribution in [0.25, 0.3) is 0 Å². The van der Waals surface area contributed by atoms with E-state index in [2.05, 4.69) is 29.5 Å². The molecule has 4 heteroatoms. The van der Waals surface area contributed by atoms with E-state index in [4.69, 9.17) is 5.73 Å². The summed E-state index contributed by atoms with van der Waals surface area (Å²) >= 11 is 1.76. The van der Waals surface area contributed by atoms with Gasteiger partial charge in [0, 0.05) is 11.1 Å². The van der Waals surface area contributed by atoms with Crippen molar-refractivity contribution in [3.63, 3.8) is 0 Å². The molecule has 0 aromatic carbocycles. The Kier molecular flexibility index (Phi) is 5.15. The molecule has 1 saturated carbocycles. The summed E-state index contributed by atoms with van der Waals surface area (Å²) in [5, 5.41) is 6.97. The average molecular weight is 267 g/mol. The van der Waals surface area contributed by atoms with E-state index in [1.54, 1.807) is 11.3 Å². The highest BCUT2D eigenvalue weighted by Crippen LogP contribution is 2.28. The van der Waals surface area contributed by atoms with E-state index in [0.29, 0.717) is 6.04 Å². The smallest absolute Gasteiger partial charge is 0.110 e. The van der Waals surface area contributed by atoms with Crippen LogP contribution in [0.5, 0.6) is 0 Å². The molecular weight excluding hydrogens is 242 g/mol. The number of rotatable bonds is 5. The van der Waals surface area contributed by atoms with Gasteiger partial charge < -0.3 is 11.1 Å². The maximum atomic E-state index is 5.73. The Hall–Kier alpha value is -0.450. The molecule has 18 heavy (non-hydrogen) atoms. The normalized spacial score (nSPS) is 26.2. The van der Waals surface area contributed by atoms with Crippen molar-refractivity contribution in [3.8, 4) is 0 Å². The van der Waals surface area contributed by atoms with Crippen molar-refractivity contribution < 1.29 is 0 Å². The molecule has 1 fully saturated rings. The fraction of sp³-hybridized carbons (Fsp3) is 0.786. The summed E-state index contributed by atoms with van der Waals surface area (Å²) in [6.45, 7) is 6.26. The number of hydrogen-bond acceptors (Lipinski definition) is 4. The van der Waals surface area contributed by atoms with Crippen molar-refractivity contribution in [1.82, 2.24) is 10.3 Å². The van der Waals surface area contributed by atoms with E-state index in [9.17, 15) is 0 Å². The Morgan fingerprint density at radius 1 is 1.39 bits per heavy atom. The Bertz CT molecular complexity index is 356. The molecule has 1 unspecified atom stereocenters. The number of hydrogen-bond donors (Lipinski definition) is 2. The van der Waals surface area contributed by atoms with Gasteiger partial charge in [0.05, 0.1) is 6.04 Å². The number of aryl methyl sites for hydroxylation is 1. The molecule has 0 spiro atoms. The van der Waals surface area contributed by atoms with Gasteiger partial charge in [-0.25, -0.2) is 4.98 Å². The summed E-state index contributed by atoms with van der Waals surface area (Å²) in [5.74, 6) is 1.61. The number of nitrogens with two attached hydrogens (primary N) is 1. The third-order valence-corrected chi connectivity index (χ3v) is 5.16. The molecule has 1 aromatic rings. The molecule has 0 radical (unpaired) electrons. The zero-order chi connectivity index (χ0) is 13.0. The summed E-state index contributed by atoms with van der Waals surface area (Å²) in [5.41, 5.74) is 6.86. The second-order valence-corrected chi connectivity index (χ2v) is 6.47. The summed E-state index contributed by atoms with van der Waals surface area (Å²) in [6, 6.07) is 0.385. The van der Waals surface area contributed by atoms with Crippen LogP contribution in [-0.4, -0.2) is 18.1 Å². The van der Waals surface area contributed by atoms with E-state index < -0.39 is 0 Å². The molecule has 102 valence electrons. The van der Waals surface area contributed by atoms with Gasteiger partial charge in [-0.15, -0.1) is 11.3 Å². The van der Waals surface area contributed by atoms with Crippen molar-refractivity contribution in [2.75, 3.05) is 13.1 Å². The number of aromatic nitrogens is 1. The highest BCUT2D eigenvalue weighted by molar-refractivity contribution is 7.09. The first-order valence-corrected chi connectivity index (χ1v) is 7.92. The third kappa shape index (κ3) is 3.77. The van der Waals surface area contributed by atoms with Gasteiger partial charge in [-0.3, -0.25) is 0 Å². The number of nitrogens with one attached hydrogen (secondary N) is 1. The van der Waals surface area contributed by atoms with Crippen LogP contribution in [0.3, 0.4) is 0 Å².